The van der Waals surface area contributed by atoms with Crippen LogP contribution in [0.25, 0.3) is 22.4 Å². The average Bonchev–Trinajstić information content (AvgIpc) is 3.05. The number of carbonyl (C=O) groups is 1. The third kappa shape index (κ3) is 4.54. The topological polar surface area (TPSA) is 68.0 Å². The molecule has 1 amide bonds. The predicted molar refractivity (Wildman–Crippen MR) is 108 cm³/mol. The summed E-state index contributed by atoms with van der Waals surface area (Å²) in [5.41, 5.74) is 3.24. The first kappa shape index (κ1) is 19.1. The lowest BCUT2D eigenvalue weighted by atomic mass is 10.0. The van der Waals surface area contributed by atoms with Crippen LogP contribution in [0.4, 0.5) is 0 Å². The van der Waals surface area contributed by atoms with E-state index in [0.29, 0.717) is 28.3 Å². The Morgan fingerprint density at radius 3 is 2.59 bits per heavy atom. The number of pyridine rings is 1. The first-order valence-electron chi connectivity index (χ1n) is 9.59. The molecule has 5 heteroatoms. The number of nitrogens with zero attached hydrogens (tertiary/aromatic N) is 2. The molecule has 142 valence electrons. The lowest BCUT2D eigenvalue weighted by molar-refractivity contribution is 0.0939. The molecule has 0 aliphatic heterocycles. The molecular formula is C22H27N3O2. The van der Waals surface area contributed by atoms with Gasteiger partial charge in [-0.1, -0.05) is 62.2 Å². The van der Waals surface area contributed by atoms with Crippen molar-refractivity contribution in [2.75, 3.05) is 0 Å². The molecule has 27 heavy (non-hydrogen) atoms. The van der Waals surface area contributed by atoms with Crippen molar-refractivity contribution < 1.29 is 9.32 Å². The summed E-state index contributed by atoms with van der Waals surface area (Å²) in [7, 11) is 0. The van der Waals surface area contributed by atoms with Gasteiger partial charge in [0, 0.05) is 17.3 Å². The lowest BCUT2D eigenvalue weighted by Crippen LogP contribution is -2.32. The van der Waals surface area contributed by atoms with E-state index >= 15 is 0 Å². The highest BCUT2D eigenvalue weighted by Crippen LogP contribution is 2.30. The van der Waals surface area contributed by atoms with Gasteiger partial charge in [-0.05, 0) is 32.3 Å². The van der Waals surface area contributed by atoms with E-state index in [0.717, 1.165) is 24.1 Å². The summed E-state index contributed by atoms with van der Waals surface area (Å²) in [6.07, 6.45) is 3.24. The normalized spacial score (nSPS) is 12.5. The Morgan fingerprint density at radius 1 is 1.15 bits per heavy atom. The molecule has 0 radical (unpaired) electrons. The summed E-state index contributed by atoms with van der Waals surface area (Å²) < 4.78 is 5.43. The third-order valence-electron chi connectivity index (χ3n) is 4.66. The van der Waals surface area contributed by atoms with Gasteiger partial charge < -0.3 is 9.84 Å². The van der Waals surface area contributed by atoms with E-state index in [9.17, 15) is 4.79 Å². The molecule has 0 fully saturated rings. The van der Waals surface area contributed by atoms with Gasteiger partial charge in [-0.15, -0.1) is 0 Å². The van der Waals surface area contributed by atoms with Gasteiger partial charge in [-0.2, -0.15) is 0 Å². The molecule has 3 rings (SSSR count). The molecular weight excluding hydrogens is 338 g/mol. The van der Waals surface area contributed by atoms with Gasteiger partial charge in [0.25, 0.3) is 11.6 Å². The van der Waals surface area contributed by atoms with Crippen LogP contribution < -0.4 is 5.32 Å². The molecule has 0 unspecified atom stereocenters. The number of amides is 1. The number of fused-ring (bicyclic) bond motifs is 1. The molecule has 0 aliphatic carbocycles. The summed E-state index contributed by atoms with van der Waals surface area (Å²) >= 11 is 0. The molecule has 0 saturated carbocycles. The van der Waals surface area contributed by atoms with Crippen molar-refractivity contribution in [3.8, 4) is 11.3 Å². The van der Waals surface area contributed by atoms with Crippen LogP contribution in [0.15, 0.2) is 40.9 Å². The van der Waals surface area contributed by atoms with Gasteiger partial charge >= 0.3 is 0 Å². The smallest absolute Gasteiger partial charge is 0.259 e. The second-order valence-corrected chi connectivity index (χ2v) is 7.59. The van der Waals surface area contributed by atoms with Crippen molar-refractivity contribution in [1.82, 2.24) is 15.5 Å². The van der Waals surface area contributed by atoms with E-state index in [1.54, 1.807) is 0 Å². The van der Waals surface area contributed by atoms with Crippen molar-refractivity contribution in [2.24, 2.45) is 5.92 Å². The number of aromatic nitrogens is 2. The van der Waals surface area contributed by atoms with E-state index < -0.39 is 0 Å². The molecule has 5 nitrogen and oxygen atoms in total. The van der Waals surface area contributed by atoms with Gasteiger partial charge in [0.15, 0.2) is 0 Å². The molecule has 3 aromatic rings. The van der Waals surface area contributed by atoms with Crippen molar-refractivity contribution in [2.45, 2.75) is 53.0 Å². The molecule has 1 aromatic carbocycles. The number of nitrogens with one attached hydrogen (secondary N) is 1. The van der Waals surface area contributed by atoms with Gasteiger partial charge in [-0.25, -0.2) is 4.98 Å². The van der Waals surface area contributed by atoms with E-state index in [-0.39, 0.29) is 11.9 Å². The maximum Gasteiger partial charge on any atom is 0.259 e. The largest absolute Gasteiger partial charge is 0.350 e. The van der Waals surface area contributed by atoms with Crippen LogP contribution in [-0.2, 0) is 0 Å². The van der Waals surface area contributed by atoms with Crippen LogP contribution >= 0.6 is 0 Å². The number of hydrogen-bond donors (Lipinski definition) is 1. The summed E-state index contributed by atoms with van der Waals surface area (Å²) in [4.78, 5) is 17.4. The maximum atomic E-state index is 13.0. The summed E-state index contributed by atoms with van der Waals surface area (Å²) in [5.74, 6) is 0.573. The first-order valence-corrected chi connectivity index (χ1v) is 9.59. The average molecular weight is 365 g/mol. The van der Waals surface area contributed by atoms with Crippen molar-refractivity contribution in [3.05, 3.63) is 47.7 Å². The fourth-order valence-electron chi connectivity index (χ4n) is 3.25. The number of carbonyl (C=O) groups excluding carboxylic acids is 1. The number of rotatable bonds is 7. The fourth-order valence-corrected chi connectivity index (χ4v) is 3.25. The Kier molecular flexibility index (Phi) is 5.89. The lowest BCUT2D eigenvalue weighted by Gasteiger charge is -2.15. The quantitative estimate of drug-likeness (QED) is 0.629. The number of aryl methyl sites for hydroxylation is 1. The van der Waals surface area contributed by atoms with Gasteiger partial charge in [-0.3, -0.25) is 4.79 Å². The van der Waals surface area contributed by atoms with E-state index in [1.165, 1.54) is 6.42 Å². The SMILES string of the molecule is Cc1cc(C(=O)N[C@H](C)CCCC(C)C)c2c(-c3ccccc3)noc2n1. The number of benzene rings is 1. The molecule has 0 bridgehead atoms. The summed E-state index contributed by atoms with van der Waals surface area (Å²) in [6, 6.07) is 11.6. The second-order valence-electron chi connectivity index (χ2n) is 7.59. The molecule has 1 N–H and O–H groups in total. The molecule has 2 aromatic heterocycles. The minimum Gasteiger partial charge on any atom is -0.350 e. The summed E-state index contributed by atoms with van der Waals surface area (Å²) in [5, 5.41) is 7.97. The molecule has 2 heterocycles. The number of hydrogen-bond acceptors (Lipinski definition) is 4. The summed E-state index contributed by atoms with van der Waals surface area (Å²) in [6.45, 7) is 8.34. The van der Waals surface area contributed by atoms with Crippen LogP contribution in [0.1, 0.15) is 56.1 Å². The van der Waals surface area contributed by atoms with Gasteiger partial charge in [0.1, 0.15) is 5.69 Å². The Hall–Kier alpha value is -2.69. The Labute approximate surface area is 160 Å². The predicted octanol–water partition coefficient (Wildman–Crippen LogP) is 5.14. The Bertz CT molecular complexity index is 916. The van der Waals surface area contributed by atoms with Crippen LogP contribution in [0.5, 0.6) is 0 Å². The highest BCUT2D eigenvalue weighted by molar-refractivity contribution is 6.09. The third-order valence-corrected chi connectivity index (χ3v) is 4.66. The highest BCUT2D eigenvalue weighted by atomic mass is 16.5. The molecule has 0 aliphatic rings. The van der Waals surface area contributed by atoms with Crippen molar-refractivity contribution in [3.63, 3.8) is 0 Å². The van der Waals surface area contributed by atoms with E-state index in [2.05, 4.69) is 36.2 Å². The minimum absolute atomic E-state index is 0.108. The Morgan fingerprint density at radius 2 is 1.89 bits per heavy atom. The van der Waals surface area contributed by atoms with E-state index in [4.69, 9.17) is 4.52 Å². The van der Waals surface area contributed by atoms with Crippen LogP contribution in [0, 0.1) is 12.8 Å². The van der Waals surface area contributed by atoms with E-state index in [1.807, 2.05) is 43.3 Å². The Balaban J connectivity index is 1.89. The molecule has 0 spiro atoms. The molecule has 0 saturated heterocycles. The second kappa shape index (κ2) is 8.33. The zero-order valence-corrected chi connectivity index (χ0v) is 16.5. The zero-order chi connectivity index (χ0) is 19.4. The minimum atomic E-state index is -0.108. The van der Waals surface area contributed by atoms with Crippen LogP contribution in [0.2, 0.25) is 0 Å². The van der Waals surface area contributed by atoms with Crippen LogP contribution in [0.3, 0.4) is 0 Å². The zero-order valence-electron chi connectivity index (χ0n) is 16.5. The standard InChI is InChI=1S/C22H27N3O2/c1-14(2)9-8-10-15(3)23-21(26)18-13-16(4)24-22-19(18)20(25-27-22)17-11-6-5-7-12-17/h5-7,11-15H,8-10H2,1-4H3,(H,23,26)/t15-/m1/s1. The van der Waals surface area contributed by atoms with Gasteiger partial charge in [0.05, 0.1) is 10.9 Å². The van der Waals surface area contributed by atoms with Crippen LogP contribution in [-0.4, -0.2) is 22.1 Å². The maximum absolute atomic E-state index is 13.0. The highest BCUT2D eigenvalue weighted by Gasteiger charge is 2.21. The monoisotopic (exact) mass is 365 g/mol. The van der Waals surface area contributed by atoms with Crippen molar-refractivity contribution >= 4 is 17.0 Å². The van der Waals surface area contributed by atoms with Gasteiger partial charge in [0.2, 0.25) is 0 Å². The van der Waals surface area contributed by atoms with Crippen molar-refractivity contribution in [1.29, 1.82) is 0 Å². The first-order chi connectivity index (χ1) is 13.0. The molecule has 1 atom stereocenters. The fraction of sp³-hybridized carbons (Fsp3) is 0.409.